The van der Waals surface area contributed by atoms with Crippen molar-refractivity contribution in [2.75, 3.05) is 13.7 Å². The molecule has 1 fully saturated rings. The van der Waals surface area contributed by atoms with Crippen molar-refractivity contribution in [3.05, 3.63) is 84.1 Å². The Bertz CT molecular complexity index is 1310. The van der Waals surface area contributed by atoms with E-state index in [-0.39, 0.29) is 11.4 Å². The Morgan fingerprint density at radius 3 is 2.53 bits per heavy atom. The molecular weight excluding hydrogens is 468 g/mol. The molecule has 1 unspecified atom stereocenters. The van der Waals surface area contributed by atoms with Crippen molar-refractivity contribution >= 4 is 23.8 Å². The lowest BCUT2D eigenvalue weighted by Gasteiger charge is -2.22. The Balaban J connectivity index is 1.39. The van der Waals surface area contributed by atoms with E-state index in [9.17, 15) is 19.2 Å². The van der Waals surface area contributed by atoms with Crippen molar-refractivity contribution in [1.82, 2.24) is 20.7 Å². The molecule has 1 aliphatic heterocycles. The molecule has 0 aliphatic carbocycles. The van der Waals surface area contributed by atoms with Gasteiger partial charge in [0.25, 0.3) is 11.8 Å². The summed E-state index contributed by atoms with van der Waals surface area (Å²) in [7, 11) is 1.48. The third-order valence-corrected chi connectivity index (χ3v) is 5.36. The Hall–Kier alpha value is -4.93. The van der Waals surface area contributed by atoms with Gasteiger partial charge in [-0.2, -0.15) is 5.01 Å². The van der Waals surface area contributed by atoms with E-state index in [0.29, 0.717) is 22.1 Å². The lowest BCUT2D eigenvalue weighted by atomic mass is 9.92. The predicted molar refractivity (Wildman–Crippen MR) is 125 cm³/mol. The van der Waals surface area contributed by atoms with Crippen molar-refractivity contribution in [1.29, 1.82) is 0 Å². The number of para-hydroxylation sites is 1. The van der Waals surface area contributed by atoms with Gasteiger partial charge in [-0.05, 0) is 48.9 Å². The van der Waals surface area contributed by atoms with Gasteiger partial charge in [0.1, 0.15) is 22.6 Å². The van der Waals surface area contributed by atoms with Gasteiger partial charge in [-0.3, -0.25) is 15.0 Å². The highest BCUT2D eigenvalue weighted by molar-refractivity contribution is 6.08. The van der Waals surface area contributed by atoms with E-state index in [1.165, 1.54) is 32.4 Å². The summed E-state index contributed by atoms with van der Waals surface area (Å²) in [6, 6.07) is 17.4. The van der Waals surface area contributed by atoms with Crippen LogP contribution in [0.4, 0.5) is 4.79 Å². The van der Waals surface area contributed by atoms with Crippen molar-refractivity contribution in [3.63, 3.8) is 0 Å². The smallest absolute Gasteiger partial charge is 0.344 e. The Morgan fingerprint density at radius 2 is 1.78 bits per heavy atom. The second-order valence-corrected chi connectivity index (χ2v) is 7.81. The maximum Gasteiger partial charge on any atom is 0.344 e. The molecule has 2 aromatic carbocycles. The first-order chi connectivity index (χ1) is 17.3. The molecule has 2 heterocycles. The monoisotopic (exact) mass is 490 g/mol. The molecule has 1 aliphatic rings. The number of esters is 1. The molecular formula is C25H22N4O7. The molecule has 4 rings (SSSR count). The summed E-state index contributed by atoms with van der Waals surface area (Å²) >= 11 is 0. The van der Waals surface area contributed by atoms with Crippen LogP contribution in [-0.4, -0.2) is 47.5 Å². The molecule has 0 spiro atoms. The van der Waals surface area contributed by atoms with Gasteiger partial charge in [0.15, 0.2) is 6.61 Å². The number of benzene rings is 2. The minimum atomic E-state index is -1.44. The summed E-state index contributed by atoms with van der Waals surface area (Å²) in [5.74, 6) is -1.53. The van der Waals surface area contributed by atoms with Crippen LogP contribution in [0.1, 0.15) is 22.8 Å². The van der Waals surface area contributed by atoms with Crippen LogP contribution in [0.2, 0.25) is 0 Å². The van der Waals surface area contributed by atoms with Crippen molar-refractivity contribution in [3.8, 4) is 17.4 Å². The fourth-order valence-electron chi connectivity index (χ4n) is 3.46. The number of carbonyl (C=O) groups is 4. The zero-order valence-electron chi connectivity index (χ0n) is 19.4. The molecule has 0 saturated carbocycles. The number of urea groups is 1. The molecule has 1 saturated heterocycles. The minimum Gasteiger partial charge on any atom is -0.497 e. The number of nitrogens with zero attached hydrogens (tertiary/aromatic N) is 2. The number of hydrogen-bond donors (Lipinski definition) is 2. The van der Waals surface area contributed by atoms with E-state index in [0.717, 1.165) is 0 Å². The van der Waals surface area contributed by atoms with Crippen LogP contribution in [0.3, 0.4) is 0 Å². The van der Waals surface area contributed by atoms with E-state index >= 15 is 0 Å². The number of methoxy groups -OCH3 is 1. The number of pyridine rings is 1. The van der Waals surface area contributed by atoms with Gasteiger partial charge in [0.05, 0.1) is 7.11 Å². The Morgan fingerprint density at radius 1 is 1.03 bits per heavy atom. The van der Waals surface area contributed by atoms with Crippen LogP contribution < -0.4 is 20.2 Å². The summed E-state index contributed by atoms with van der Waals surface area (Å²) < 4.78 is 15.9. The number of ether oxygens (including phenoxy) is 3. The van der Waals surface area contributed by atoms with Crippen molar-refractivity contribution in [2.45, 2.75) is 12.5 Å². The van der Waals surface area contributed by atoms with Crippen LogP contribution in [0.5, 0.6) is 17.4 Å². The first-order valence-corrected chi connectivity index (χ1v) is 10.8. The van der Waals surface area contributed by atoms with Gasteiger partial charge >= 0.3 is 12.0 Å². The average Bonchev–Trinajstić information content (AvgIpc) is 3.12. The van der Waals surface area contributed by atoms with Gasteiger partial charge < -0.3 is 19.5 Å². The van der Waals surface area contributed by atoms with E-state index in [2.05, 4.69) is 15.7 Å². The van der Waals surface area contributed by atoms with Gasteiger partial charge in [0.2, 0.25) is 5.88 Å². The zero-order chi connectivity index (χ0) is 25.7. The van der Waals surface area contributed by atoms with Gasteiger partial charge in [0, 0.05) is 6.20 Å². The topological polar surface area (TPSA) is 136 Å². The van der Waals surface area contributed by atoms with Gasteiger partial charge in [-0.25, -0.2) is 14.6 Å². The van der Waals surface area contributed by atoms with Gasteiger partial charge in [-0.1, -0.05) is 30.3 Å². The van der Waals surface area contributed by atoms with Gasteiger partial charge in [-0.15, -0.1) is 0 Å². The van der Waals surface area contributed by atoms with E-state index < -0.39 is 36.0 Å². The Kier molecular flexibility index (Phi) is 6.81. The number of hydrazine groups is 1. The molecule has 2 N–H and O–H groups in total. The van der Waals surface area contributed by atoms with Crippen LogP contribution in [0, 0.1) is 0 Å². The maximum absolute atomic E-state index is 13.0. The van der Waals surface area contributed by atoms with E-state index in [1.807, 2.05) is 6.07 Å². The second-order valence-electron chi connectivity index (χ2n) is 7.81. The Labute approximate surface area is 205 Å². The summed E-state index contributed by atoms with van der Waals surface area (Å²) in [4.78, 5) is 54.5. The molecule has 4 amide bonds. The summed E-state index contributed by atoms with van der Waals surface area (Å²) in [6.45, 7) is 0.746. The van der Waals surface area contributed by atoms with Crippen LogP contribution in [0.15, 0.2) is 72.9 Å². The normalized spacial score (nSPS) is 16.8. The first kappa shape index (κ1) is 24.2. The fraction of sp³-hybridized carbons (Fsp3) is 0.160. The standard InChI is InChI=1S/C25H22N4O7/c1-25(16-8-6-11-18(14-16)34-2)23(32)29(24(33)27-25)28-20(30)15-35-22(31)19-12-7-13-26-21(19)36-17-9-4-3-5-10-17/h3-14H,15H2,1-2H3,(H,27,33)(H,28,30). The van der Waals surface area contributed by atoms with Crippen molar-refractivity contribution in [2.24, 2.45) is 0 Å². The van der Waals surface area contributed by atoms with E-state index in [1.54, 1.807) is 48.5 Å². The highest BCUT2D eigenvalue weighted by atomic mass is 16.5. The van der Waals surface area contributed by atoms with Crippen LogP contribution in [0.25, 0.3) is 0 Å². The first-order valence-electron chi connectivity index (χ1n) is 10.8. The molecule has 1 aromatic heterocycles. The highest BCUT2D eigenvalue weighted by Gasteiger charge is 2.50. The molecule has 0 radical (unpaired) electrons. The highest BCUT2D eigenvalue weighted by Crippen LogP contribution is 2.30. The molecule has 3 aromatic rings. The van der Waals surface area contributed by atoms with Crippen LogP contribution >= 0.6 is 0 Å². The predicted octanol–water partition coefficient (Wildman–Crippen LogP) is 2.54. The van der Waals surface area contributed by atoms with E-state index in [4.69, 9.17) is 14.2 Å². The number of aromatic nitrogens is 1. The summed E-state index contributed by atoms with van der Waals surface area (Å²) in [5.41, 5.74) is 1.19. The fourth-order valence-corrected chi connectivity index (χ4v) is 3.46. The summed E-state index contributed by atoms with van der Waals surface area (Å²) in [5, 5.41) is 3.10. The molecule has 0 bridgehead atoms. The third kappa shape index (κ3) is 4.94. The molecule has 1 atom stereocenters. The summed E-state index contributed by atoms with van der Waals surface area (Å²) in [6.07, 6.45) is 1.44. The lowest BCUT2D eigenvalue weighted by molar-refractivity contribution is -0.140. The number of imide groups is 1. The van der Waals surface area contributed by atoms with Crippen molar-refractivity contribution < 1.29 is 33.4 Å². The second kappa shape index (κ2) is 10.1. The third-order valence-electron chi connectivity index (χ3n) is 5.36. The maximum atomic E-state index is 13.0. The largest absolute Gasteiger partial charge is 0.497 e. The number of carbonyl (C=O) groups excluding carboxylic acids is 4. The molecule has 11 heteroatoms. The number of hydrogen-bond acceptors (Lipinski definition) is 8. The molecule has 11 nitrogen and oxygen atoms in total. The quantitative estimate of drug-likeness (QED) is 0.363. The number of rotatable bonds is 8. The average molecular weight is 490 g/mol. The minimum absolute atomic E-state index is 0.00253. The van der Waals surface area contributed by atoms with Crippen LogP contribution in [-0.2, 0) is 19.9 Å². The zero-order valence-corrected chi connectivity index (χ0v) is 19.4. The molecule has 36 heavy (non-hydrogen) atoms. The number of nitrogens with one attached hydrogen (secondary N) is 2. The number of amides is 4. The lowest BCUT2D eigenvalue weighted by Crippen LogP contribution is -2.49. The SMILES string of the molecule is COc1cccc(C2(C)NC(=O)N(NC(=O)COC(=O)c3cccnc3Oc3ccccc3)C2=O)c1. The molecule has 184 valence electrons.